The molecule has 0 aliphatic heterocycles. The predicted molar refractivity (Wildman–Crippen MR) is 171 cm³/mol. The van der Waals surface area contributed by atoms with Crippen LogP contribution < -0.4 is 29.7 Å². The smallest absolute Gasteiger partial charge is 0.271 e. The van der Waals surface area contributed by atoms with E-state index in [0.717, 1.165) is 11.1 Å². The number of benzene rings is 4. The molecule has 0 spiro atoms. The standard InChI is InChI=1S/C34H34ClN3O6/c1-4-41-30-19-26(13-16-29(30)43-21-24-9-7-6-8-10-24)34(40)38-36-20-25-17-28(35)33(31(18-25)42-5-2)44-22-32(39)37-27-14-11-23(3)12-15-27/h6-20H,4-5,21-22H2,1-3H3,(H,37,39)(H,38,40)/b36-20+. The SMILES string of the molecule is CCOc1cc(C(=O)N/N=C/c2cc(Cl)c(OCC(=O)Nc3ccc(C)cc3)c(OCC)c2)ccc1OCc1ccccc1. The molecule has 0 saturated heterocycles. The van der Waals surface area contributed by atoms with Crippen LogP contribution in [0.2, 0.25) is 5.02 Å². The van der Waals surface area contributed by atoms with Crippen LogP contribution in [-0.2, 0) is 11.4 Å². The number of nitrogens with zero attached hydrogens (tertiary/aromatic N) is 1. The first-order chi connectivity index (χ1) is 21.4. The number of ether oxygens (including phenoxy) is 4. The Morgan fingerprint density at radius 2 is 1.55 bits per heavy atom. The molecule has 4 aromatic carbocycles. The first kappa shape index (κ1) is 31.9. The summed E-state index contributed by atoms with van der Waals surface area (Å²) >= 11 is 6.48. The van der Waals surface area contributed by atoms with Crippen LogP contribution in [0.4, 0.5) is 5.69 Å². The second-order valence-electron chi connectivity index (χ2n) is 9.53. The normalized spacial score (nSPS) is 10.7. The van der Waals surface area contributed by atoms with Crippen molar-refractivity contribution in [1.82, 2.24) is 5.43 Å². The van der Waals surface area contributed by atoms with Gasteiger partial charge in [-0.3, -0.25) is 9.59 Å². The minimum absolute atomic E-state index is 0.222. The van der Waals surface area contributed by atoms with Crippen LogP contribution in [0.5, 0.6) is 23.0 Å². The molecule has 0 bridgehead atoms. The maximum absolute atomic E-state index is 12.8. The Morgan fingerprint density at radius 3 is 2.27 bits per heavy atom. The largest absolute Gasteiger partial charge is 0.490 e. The van der Waals surface area contributed by atoms with Gasteiger partial charge in [-0.05, 0) is 74.4 Å². The topological polar surface area (TPSA) is 107 Å². The summed E-state index contributed by atoms with van der Waals surface area (Å²) in [6.07, 6.45) is 1.43. The molecule has 0 aliphatic rings. The second kappa shape index (κ2) is 16.0. The van der Waals surface area contributed by atoms with Crippen LogP contribution in [-0.4, -0.2) is 37.8 Å². The average molecular weight is 616 g/mol. The summed E-state index contributed by atoms with van der Waals surface area (Å²) in [5.74, 6) is 0.770. The Bertz CT molecular complexity index is 1590. The highest BCUT2D eigenvalue weighted by Crippen LogP contribution is 2.36. The number of amides is 2. The number of hydrogen-bond acceptors (Lipinski definition) is 7. The van der Waals surface area contributed by atoms with Gasteiger partial charge in [-0.1, -0.05) is 59.6 Å². The first-order valence-electron chi connectivity index (χ1n) is 14.1. The zero-order chi connectivity index (χ0) is 31.3. The first-order valence-corrected chi connectivity index (χ1v) is 14.5. The van der Waals surface area contributed by atoms with Crippen LogP contribution in [0.3, 0.4) is 0 Å². The van der Waals surface area contributed by atoms with Crippen LogP contribution in [0.15, 0.2) is 90.0 Å². The van der Waals surface area contributed by atoms with Crippen molar-refractivity contribution in [3.8, 4) is 23.0 Å². The van der Waals surface area contributed by atoms with Gasteiger partial charge in [0.2, 0.25) is 0 Å². The maximum atomic E-state index is 12.8. The average Bonchev–Trinajstić information content (AvgIpc) is 3.02. The molecule has 4 aromatic rings. The molecule has 228 valence electrons. The van der Waals surface area contributed by atoms with E-state index >= 15 is 0 Å². The summed E-state index contributed by atoms with van der Waals surface area (Å²) < 4.78 is 23.0. The van der Waals surface area contributed by atoms with Gasteiger partial charge >= 0.3 is 0 Å². The monoisotopic (exact) mass is 615 g/mol. The summed E-state index contributed by atoms with van der Waals surface area (Å²) in [6, 6.07) is 25.4. The zero-order valence-electron chi connectivity index (χ0n) is 24.8. The van der Waals surface area contributed by atoms with Crippen molar-refractivity contribution in [3.63, 3.8) is 0 Å². The van der Waals surface area contributed by atoms with Gasteiger partial charge in [-0.25, -0.2) is 5.43 Å². The number of nitrogens with one attached hydrogen (secondary N) is 2. The molecule has 0 radical (unpaired) electrons. The predicted octanol–water partition coefficient (Wildman–Crippen LogP) is 6.81. The van der Waals surface area contributed by atoms with E-state index < -0.39 is 5.91 Å². The molecule has 9 nitrogen and oxygen atoms in total. The van der Waals surface area contributed by atoms with Gasteiger partial charge in [0.1, 0.15) is 6.61 Å². The molecule has 44 heavy (non-hydrogen) atoms. The molecular weight excluding hydrogens is 582 g/mol. The van der Waals surface area contributed by atoms with Gasteiger partial charge in [0.05, 0.1) is 24.5 Å². The fraction of sp³-hybridized carbons (Fsp3) is 0.206. The molecule has 0 fully saturated rings. The van der Waals surface area contributed by atoms with Crippen molar-refractivity contribution in [2.45, 2.75) is 27.4 Å². The third-order valence-corrected chi connectivity index (χ3v) is 6.42. The highest BCUT2D eigenvalue weighted by molar-refractivity contribution is 6.32. The van der Waals surface area contributed by atoms with Crippen LogP contribution >= 0.6 is 11.6 Å². The van der Waals surface area contributed by atoms with Gasteiger partial charge in [0, 0.05) is 11.3 Å². The number of carbonyl (C=O) groups excluding carboxylic acids is 2. The van der Waals surface area contributed by atoms with E-state index in [2.05, 4.69) is 15.8 Å². The molecule has 0 saturated carbocycles. The van der Waals surface area contributed by atoms with Crippen molar-refractivity contribution >= 4 is 35.3 Å². The van der Waals surface area contributed by atoms with Crippen molar-refractivity contribution in [3.05, 3.63) is 112 Å². The molecule has 0 aromatic heterocycles. The van der Waals surface area contributed by atoms with Gasteiger partial charge in [-0.15, -0.1) is 0 Å². The Morgan fingerprint density at radius 1 is 0.818 bits per heavy atom. The maximum Gasteiger partial charge on any atom is 0.271 e. The van der Waals surface area contributed by atoms with Gasteiger partial charge < -0.3 is 24.3 Å². The summed E-state index contributed by atoms with van der Waals surface area (Å²) in [4.78, 5) is 25.3. The summed E-state index contributed by atoms with van der Waals surface area (Å²) in [5, 5.41) is 7.07. The van der Waals surface area contributed by atoms with Gasteiger partial charge in [-0.2, -0.15) is 5.10 Å². The number of halogens is 1. The van der Waals surface area contributed by atoms with Crippen molar-refractivity contribution in [2.24, 2.45) is 5.10 Å². The number of rotatable bonds is 14. The summed E-state index contributed by atoms with van der Waals surface area (Å²) in [6.45, 7) is 6.49. The quantitative estimate of drug-likeness (QED) is 0.119. The Labute approximate surface area is 261 Å². The molecule has 2 N–H and O–H groups in total. The molecule has 10 heteroatoms. The van der Waals surface area contributed by atoms with E-state index in [1.807, 2.05) is 75.4 Å². The van der Waals surface area contributed by atoms with Crippen molar-refractivity contribution < 1.29 is 28.5 Å². The third kappa shape index (κ3) is 9.24. The molecular formula is C34H34ClN3O6. The van der Waals surface area contributed by atoms with Crippen LogP contribution in [0.25, 0.3) is 0 Å². The van der Waals surface area contributed by atoms with Crippen molar-refractivity contribution in [2.75, 3.05) is 25.1 Å². The summed E-state index contributed by atoms with van der Waals surface area (Å²) in [5.41, 5.74) is 6.18. The number of carbonyl (C=O) groups is 2. The number of hydrazone groups is 1. The molecule has 0 unspecified atom stereocenters. The lowest BCUT2D eigenvalue weighted by Crippen LogP contribution is -2.20. The molecule has 2 amide bonds. The molecule has 0 aliphatic carbocycles. The van der Waals surface area contributed by atoms with E-state index in [-0.39, 0.29) is 23.3 Å². The van der Waals surface area contributed by atoms with Crippen LogP contribution in [0.1, 0.15) is 40.9 Å². The highest BCUT2D eigenvalue weighted by atomic mass is 35.5. The van der Waals surface area contributed by atoms with E-state index in [4.69, 9.17) is 30.5 Å². The minimum atomic E-state index is -0.438. The lowest BCUT2D eigenvalue weighted by atomic mass is 10.2. The van der Waals surface area contributed by atoms with Gasteiger partial charge in [0.25, 0.3) is 11.8 Å². The number of hydrogen-bond donors (Lipinski definition) is 2. The van der Waals surface area contributed by atoms with E-state index in [1.165, 1.54) is 6.21 Å². The minimum Gasteiger partial charge on any atom is -0.490 e. The second-order valence-corrected chi connectivity index (χ2v) is 9.94. The molecule has 4 rings (SSSR count). The van der Waals surface area contributed by atoms with E-state index in [1.54, 1.807) is 30.3 Å². The van der Waals surface area contributed by atoms with Gasteiger partial charge in [0.15, 0.2) is 29.6 Å². The van der Waals surface area contributed by atoms with E-state index in [0.29, 0.717) is 53.9 Å². The number of anilines is 1. The van der Waals surface area contributed by atoms with Crippen LogP contribution in [0, 0.1) is 6.92 Å². The fourth-order valence-electron chi connectivity index (χ4n) is 4.04. The Balaban J connectivity index is 1.38. The summed E-state index contributed by atoms with van der Waals surface area (Å²) in [7, 11) is 0. The fourth-order valence-corrected chi connectivity index (χ4v) is 4.31. The lowest BCUT2D eigenvalue weighted by molar-refractivity contribution is -0.118. The Kier molecular flexibility index (Phi) is 11.6. The number of aryl methyl sites for hydroxylation is 1. The Hall–Kier alpha value is -5.02. The molecule has 0 heterocycles. The van der Waals surface area contributed by atoms with E-state index in [9.17, 15) is 9.59 Å². The lowest BCUT2D eigenvalue weighted by Gasteiger charge is -2.14. The van der Waals surface area contributed by atoms with Crippen molar-refractivity contribution in [1.29, 1.82) is 0 Å². The zero-order valence-corrected chi connectivity index (χ0v) is 25.5. The molecule has 0 atom stereocenters. The highest BCUT2D eigenvalue weighted by Gasteiger charge is 2.15. The third-order valence-electron chi connectivity index (χ3n) is 6.14.